The molecule has 0 radical (unpaired) electrons. The Balaban J connectivity index is 1.20. The number of hydrogen-bond donors (Lipinski definition) is 1. The second-order valence-electron chi connectivity index (χ2n) is 10.3. The molecule has 1 aromatic carbocycles. The summed E-state index contributed by atoms with van der Waals surface area (Å²) in [7, 11) is -4.02. The molecule has 2 atom stereocenters. The van der Waals surface area contributed by atoms with Crippen LogP contribution in [0.3, 0.4) is 0 Å². The zero-order chi connectivity index (χ0) is 26.0. The highest BCUT2D eigenvalue weighted by molar-refractivity contribution is 7.87. The van der Waals surface area contributed by atoms with Crippen LogP contribution in [0.15, 0.2) is 42.6 Å². The fraction of sp³-hybridized carbons (Fsp3) is 0.600. The van der Waals surface area contributed by atoms with Gasteiger partial charge >= 0.3 is 0 Å². The van der Waals surface area contributed by atoms with E-state index in [4.69, 9.17) is 4.74 Å². The van der Waals surface area contributed by atoms with Crippen molar-refractivity contribution >= 4 is 16.0 Å². The SMILES string of the molecule is O=S(=O)(N[C@H]1CCN(c2cccnn2)C[C@H]1CO[C@H]1CC[C@@H](c2cccc(F)c2)CC1)N1CC(F)(F)C1. The number of nitrogens with zero attached hydrogens (tertiary/aromatic N) is 4. The van der Waals surface area contributed by atoms with Crippen LogP contribution in [0.25, 0.3) is 0 Å². The summed E-state index contributed by atoms with van der Waals surface area (Å²) >= 11 is 0. The Labute approximate surface area is 215 Å². The second-order valence-corrected chi connectivity index (χ2v) is 12.0. The van der Waals surface area contributed by atoms with E-state index in [1.54, 1.807) is 24.4 Å². The minimum absolute atomic E-state index is 0.0306. The van der Waals surface area contributed by atoms with E-state index < -0.39 is 35.3 Å². The third-order valence-corrected chi connectivity index (χ3v) is 9.15. The van der Waals surface area contributed by atoms with E-state index in [9.17, 15) is 21.6 Å². The highest BCUT2D eigenvalue weighted by atomic mass is 32.2. The number of hydrogen-bond acceptors (Lipinski definition) is 6. The Kier molecular flexibility index (Phi) is 7.71. The first-order valence-electron chi connectivity index (χ1n) is 12.7. The van der Waals surface area contributed by atoms with Crippen LogP contribution >= 0.6 is 0 Å². The van der Waals surface area contributed by atoms with Crippen LogP contribution in [0.1, 0.15) is 43.6 Å². The lowest BCUT2D eigenvalue weighted by Crippen LogP contribution is -2.63. The number of anilines is 1. The Morgan fingerprint density at radius 1 is 1.08 bits per heavy atom. The van der Waals surface area contributed by atoms with Crippen molar-refractivity contribution in [3.05, 3.63) is 54.0 Å². The third-order valence-electron chi connectivity index (χ3n) is 7.61. The molecule has 0 bridgehead atoms. The van der Waals surface area contributed by atoms with E-state index in [0.29, 0.717) is 37.9 Å². The van der Waals surface area contributed by atoms with Crippen molar-refractivity contribution in [2.75, 3.05) is 37.7 Å². The lowest BCUT2D eigenvalue weighted by Gasteiger charge is -2.42. The van der Waals surface area contributed by atoms with Gasteiger partial charge in [-0.25, -0.2) is 13.2 Å². The molecule has 2 aromatic rings. The molecule has 5 rings (SSSR count). The van der Waals surface area contributed by atoms with Gasteiger partial charge in [0.2, 0.25) is 0 Å². The first-order valence-corrected chi connectivity index (χ1v) is 14.2. The number of halogens is 3. The summed E-state index contributed by atoms with van der Waals surface area (Å²) in [5.74, 6) is -2.40. The van der Waals surface area contributed by atoms with Crippen molar-refractivity contribution in [2.24, 2.45) is 5.92 Å². The molecule has 0 unspecified atom stereocenters. The quantitative estimate of drug-likeness (QED) is 0.554. The molecule has 0 amide bonds. The molecule has 3 fully saturated rings. The molecule has 3 aliphatic rings. The van der Waals surface area contributed by atoms with Crippen LogP contribution in [-0.4, -0.2) is 73.8 Å². The summed E-state index contributed by atoms with van der Waals surface area (Å²) in [6, 6.07) is 9.94. The van der Waals surface area contributed by atoms with Crippen molar-refractivity contribution in [1.29, 1.82) is 0 Å². The fourth-order valence-corrected chi connectivity index (χ4v) is 7.07. The number of benzene rings is 1. The molecule has 202 valence electrons. The topological polar surface area (TPSA) is 87.7 Å². The monoisotopic (exact) mass is 539 g/mol. The van der Waals surface area contributed by atoms with Crippen molar-refractivity contribution in [2.45, 2.75) is 56.1 Å². The van der Waals surface area contributed by atoms with Crippen LogP contribution in [0.4, 0.5) is 19.0 Å². The van der Waals surface area contributed by atoms with Crippen molar-refractivity contribution in [3.63, 3.8) is 0 Å². The number of piperidine rings is 1. The Hall–Kier alpha value is -2.28. The Morgan fingerprint density at radius 3 is 2.54 bits per heavy atom. The summed E-state index contributed by atoms with van der Waals surface area (Å²) < 4.78 is 75.5. The number of ether oxygens (including phenoxy) is 1. The minimum Gasteiger partial charge on any atom is -0.378 e. The van der Waals surface area contributed by atoms with E-state index in [1.165, 1.54) is 6.07 Å². The lowest BCUT2D eigenvalue weighted by atomic mass is 9.82. The molecular formula is C25H32F3N5O3S. The average molecular weight is 540 g/mol. The van der Waals surface area contributed by atoms with E-state index in [0.717, 1.165) is 35.6 Å². The summed E-state index contributed by atoms with van der Waals surface area (Å²) in [5, 5.41) is 8.11. The van der Waals surface area contributed by atoms with Crippen LogP contribution in [0, 0.1) is 11.7 Å². The van der Waals surface area contributed by atoms with Gasteiger partial charge < -0.3 is 9.64 Å². The number of aromatic nitrogens is 2. The maximum Gasteiger partial charge on any atom is 0.280 e. The van der Waals surface area contributed by atoms with Gasteiger partial charge in [-0.2, -0.15) is 22.5 Å². The maximum absolute atomic E-state index is 13.6. The zero-order valence-corrected chi connectivity index (χ0v) is 21.3. The average Bonchev–Trinajstić information content (AvgIpc) is 2.87. The first kappa shape index (κ1) is 26.3. The van der Waals surface area contributed by atoms with Crippen molar-refractivity contribution in [3.8, 4) is 0 Å². The normalized spacial score (nSPS) is 28.6. The summed E-state index contributed by atoms with van der Waals surface area (Å²) in [6.45, 7) is -0.208. The molecule has 8 nitrogen and oxygen atoms in total. The highest BCUT2D eigenvalue weighted by Gasteiger charge is 2.50. The van der Waals surface area contributed by atoms with Gasteiger partial charge in [-0.05, 0) is 67.9 Å². The number of alkyl halides is 2. The summed E-state index contributed by atoms with van der Waals surface area (Å²) in [6.07, 6.45) is 5.56. The van der Waals surface area contributed by atoms with Crippen molar-refractivity contribution in [1.82, 2.24) is 19.2 Å². The molecule has 0 spiro atoms. The predicted octanol–water partition coefficient (Wildman–Crippen LogP) is 3.34. The van der Waals surface area contributed by atoms with Crippen LogP contribution in [0.5, 0.6) is 0 Å². The Morgan fingerprint density at radius 2 is 1.86 bits per heavy atom. The molecule has 1 aliphatic carbocycles. The van der Waals surface area contributed by atoms with Crippen molar-refractivity contribution < 1.29 is 26.3 Å². The molecule has 2 saturated heterocycles. The van der Waals surface area contributed by atoms with E-state index in [2.05, 4.69) is 14.9 Å². The second kappa shape index (κ2) is 10.8. The minimum atomic E-state index is -4.02. The largest absolute Gasteiger partial charge is 0.378 e. The summed E-state index contributed by atoms with van der Waals surface area (Å²) in [4.78, 5) is 2.05. The molecule has 1 saturated carbocycles. The maximum atomic E-state index is 13.6. The molecule has 1 aromatic heterocycles. The van der Waals surface area contributed by atoms with Gasteiger partial charge in [0.05, 0.1) is 25.8 Å². The highest BCUT2D eigenvalue weighted by Crippen LogP contribution is 2.35. The smallest absolute Gasteiger partial charge is 0.280 e. The van der Waals surface area contributed by atoms with Gasteiger partial charge in [-0.15, -0.1) is 5.10 Å². The molecule has 3 heterocycles. The van der Waals surface area contributed by atoms with Crippen LogP contribution in [0.2, 0.25) is 0 Å². The lowest BCUT2D eigenvalue weighted by molar-refractivity contribution is -0.0952. The van der Waals surface area contributed by atoms with E-state index in [-0.39, 0.29) is 17.8 Å². The van der Waals surface area contributed by atoms with Gasteiger partial charge in [-0.1, -0.05) is 12.1 Å². The van der Waals surface area contributed by atoms with Gasteiger partial charge in [-0.3, -0.25) is 0 Å². The Bertz CT molecular complexity index is 1160. The molecule has 37 heavy (non-hydrogen) atoms. The molecular weight excluding hydrogens is 507 g/mol. The van der Waals surface area contributed by atoms with Gasteiger partial charge in [0, 0.05) is 31.2 Å². The van der Waals surface area contributed by atoms with Crippen LogP contribution < -0.4 is 9.62 Å². The molecule has 1 N–H and O–H groups in total. The van der Waals surface area contributed by atoms with Gasteiger partial charge in [0.25, 0.3) is 16.1 Å². The zero-order valence-electron chi connectivity index (χ0n) is 20.5. The first-order chi connectivity index (χ1) is 17.7. The van der Waals surface area contributed by atoms with Crippen LogP contribution in [-0.2, 0) is 14.9 Å². The standard InChI is InChI=1S/C25H32F3N5O3S/c26-21-4-1-3-19(13-21)18-6-8-22(9-7-18)36-15-20-14-32(24-5-2-11-29-30-24)12-10-23(20)31-37(34,35)33-16-25(27,28)17-33/h1-5,11,13,18,20,22-23,31H,6-10,12,14-17H2/t18-,20-,22+,23-/m0/s1. The van der Waals surface area contributed by atoms with E-state index in [1.807, 2.05) is 17.0 Å². The van der Waals surface area contributed by atoms with E-state index >= 15 is 0 Å². The number of rotatable bonds is 8. The molecule has 12 heteroatoms. The third kappa shape index (κ3) is 6.42. The predicted molar refractivity (Wildman–Crippen MR) is 132 cm³/mol. The number of nitrogens with one attached hydrogen (secondary N) is 1. The van der Waals surface area contributed by atoms with Gasteiger partial charge in [0.15, 0.2) is 5.82 Å². The summed E-state index contributed by atoms with van der Waals surface area (Å²) in [5.41, 5.74) is 1.01. The fourth-order valence-electron chi connectivity index (χ4n) is 5.51. The molecule has 2 aliphatic heterocycles. The van der Waals surface area contributed by atoms with Gasteiger partial charge in [0.1, 0.15) is 5.82 Å².